The number of phenolic OH excluding ortho intramolecular Hbond substituents is 1. The zero-order valence-electron chi connectivity index (χ0n) is 64.1. The third kappa shape index (κ3) is 21.7. The maximum Gasteiger partial charge on any atom is 0.205 e. The number of hydrogen-bond donors (Lipinski definition) is 1. The topological polar surface area (TPSA) is 114 Å². The van der Waals surface area contributed by atoms with Crippen LogP contribution in [0.1, 0.15) is 189 Å². The van der Waals surface area contributed by atoms with Crippen LogP contribution in [0.5, 0.6) is 28.7 Å². The SMILES string of the molecule is CCC(C)c1ccc(O)cc1.CCC(C)c1ccc(OC(OC2CC3CCC2C3)C(C)C)cc1.CCC(C)c1ccc(OCc2cccc3ccccc23)cc1.CCC(C)c1ccc2cc(Oc3c(F)c(F)c(S(=O)(=O)[O-])c(F)c3F)ccc2c1.Cc1ccccc1[S+](c1ccccc1C)c1ccccc1C. The summed E-state index contributed by atoms with van der Waals surface area (Å²) in [5.41, 5.74) is 10.5. The van der Waals surface area contributed by atoms with E-state index in [9.17, 15) is 30.5 Å². The molecule has 0 radical (unpaired) electrons. The minimum absolute atomic E-state index is 0.0494. The highest BCUT2D eigenvalue weighted by Gasteiger charge is 2.42. The molecule has 13 rings (SSSR count). The molecule has 0 saturated heterocycles. The second-order valence-corrected chi connectivity index (χ2v) is 32.1. The molecule has 0 aromatic heterocycles. The van der Waals surface area contributed by atoms with Crippen LogP contribution in [0.3, 0.4) is 0 Å². The van der Waals surface area contributed by atoms with Gasteiger partial charge >= 0.3 is 0 Å². The summed E-state index contributed by atoms with van der Waals surface area (Å²) in [5, 5.41) is 13.0. The molecule has 14 heteroatoms. The third-order valence-corrected chi connectivity index (χ3v) is 24.4. The van der Waals surface area contributed by atoms with Crippen LogP contribution in [0.25, 0.3) is 21.5 Å². The van der Waals surface area contributed by atoms with Crippen molar-refractivity contribution in [2.24, 2.45) is 17.8 Å². The van der Waals surface area contributed by atoms with E-state index >= 15 is 0 Å². The zero-order chi connectivity index (χ0) is 77.1. The Morgan fingerprint density at radius 1 is 0.477 bits per heavy atom. The first-order chi connectivity index (χ1) is 51.3. The van der Waals surface area contributed by atoms with Crippen LogP contribution in [0.4, 0.5) is 17.6 Å². The van der Waals surface area contributed by atoms with Crippen LogP contribution < -0.4 is 14.2 Å². The fourth-order valence-electron chi connectivity index (χ4n) is 13.4. The van der Waals surface area contributed by atoms with Crippen LogP contribution in [0.2, 0.25) is 0 Å². The van der Waals surface area contributed by atoms with Gasteiger partial charge in [-0.2, -0.15) is 8.78 Å². The fourth-order valence-corrected chi connectivity index (χ4v) is 16.6. The van der Waals surface area contributed by atoms with Crippen molar-refractivity contribution in [3.05, 3.63) is 292 Å². The summed E-state index contributed by atoms with van der Waals surface area (Å²) in [7, 11) is -5.83. The maximum absolute atomic E-state index is 14.1. The second kappa shape index (κ2) is 38.7. The number of phenols is 1. The highest BCUT2D eigenvalue weighted by Crippen LogP contribution is 2.47. The lowest BCUT2D eigenvalue weighted by atomic mass is 9.96. The van der Waals surface area contributed by atoms with Gasteiger partial charge in [0.2, 0.25) is 23.7 Å². The van der Waals surface area contributed by atoms with E-state index in [1.54, 1.807) is 24.3 Å². The molecular formula is C93H104F4O8S2. The lowest BCUT2D eigenvalue weighted by Gasteiger charge is -2.30. The average Bonchev–Trinajstić information content (AvgIpc) is 1.43. The summed E-state index contributed by atoms with van der Waals surface area (Å²) in [6.45, 7) is 29.1. The minimum atomic E-state index is -5.78. The van der Waals surface area contributed by atoms with Gasteiger partial charge in [0.05, 0.1) is 6.10 Å². The highest BCUT2D eigenvalue weighted by molar-refractivity contribution is 7.97. The maximum atomic E-state index is 14.1. The van der Waals surface area contributed by atoms with Crippen molar-refractivity contribution in [3.8, 4) is 28.7 Å². The molecule has 8 unspecified atom stereocenters. The smallest absolute Gasteiger partial charge is 0.205 e. The highest BCUT2D eigenvalue weighted by atomic mass is 32.2. The van der Waals surface area contributed by atoms with E-state index in [2.05, 4.69) is 254 Å². The minimum Gasteiger partial charge on any atom is -0.744 e. The molecule has 2 fully saturated rings. The van der Waals surface area contributed by atoms with E-state index in [1.165, 1.54) is 109 Å². The Labute approximate surface area is 635 Å². The van der Waals surface area contributed by atoms with Gasteiger partial charge in [0.25, 0.3) is 0 Å². The van der Waals surface area contributed by atoms with Crippen LogP contribution in [0.15, 0.2) is 244 Å². The first-order valence-electron chi connectivity index (χ1n) is 37.7. The molecule has 1 N–H and O–H groups in total. The number of ether oxygens (including phenoxy) is 4. The molecule has 107 heavy (non-hydrogen) atoms. The molecule has 11 aromatic rings. The Morgan fingerprint density at radius 2 is 0.916 bits per heavy atom. The van der Waals surface area contributed by atoms with Gasteiger partial charge in [0, 0.05) is 22.6 Å². The first-order valence-corrected chi connectivity index (χ1v) is 40.3. The molecule has 0 spiro atoms. The second-order valence-electron chi connectivity index (χ2n) is 28.8. The van der Waals surface area contributed by atoms with Gasteiger partial charge in [-0.15, -0.1) is 0 Å². The summed E-state index contributed by atoms with van der Waals surface area (Å²) in [5.74, 6) is -4.15. The molecule has 564 valence electrons. The molecule has 8 atom stereocenters. The van der Waals surface area contributed by atoms with Crippen molar-refractivity contribution in [1.29, 1.82) is 0 Å². The van der Waals surface area contributed by atoms with Crippen LogP contribution in [-0.2, 0) is 32.4 Å². The summed E-state index contributed by atoms with van der Waals surface area (Å²) in [4.78, 5) is 2.04. The first kappa shape index (κ1) is 82.1. The van der Waals surface area contributed by atoms with E-state index in [0.29, 0.717) is 53.4 Å². The molecule has 2 saturated carbocycles. The van der Waals surface area contributed by atoms with Crippen LogP contribution in [0, 0.1) is 61.8 Å². The van der Waals surface area contributed by atoms with E-state index in [-0.39, 0.29) is 22.9 Å². The van der Waals surface area contributed by atoms with Gasteiger partial charge in [-0.05, 0) is 224 Å². The molecule has 2 bridgehead atoms. The van der Waals surface area contributed by atoms with Crippen molar-refractivity contribution in [3.63, 3.8) is 0 Å². The van der Waals surface area contributed by atoms with Crippen LogP contribution in [-0.4, -0.2) is 30.5 Å². The monoisotopic (exact) mass is 1490 g/mol. The molecular weight excluding hydrogens is 1390 g/mol. The predicted octanol–water partition coefficient (Wildman–Crippen LogP) is 25.9. The van der Waals surface area contributed by atoms with Gasteiger partial charge in [-0.1, -0.05) is 227 Å². The number of rotatable bonds is 22. The van der Waals surface area contributed by atoms with Crippen molar-refractivity contribution in [1.82, 2.24) is 0 Å². The fraction of sp³-hybridized carbons (Fsp3) is 0.333. The Morgan fingerprint density at radius 3 is 1.39 bits per heavy atom. The van der Waals surface area contributed by atoms with Crippen molar-refractivity contribution in [2.75, 3.05) is 0 Å². The molecule has 0 heterocycles. The Hall–Kier alpha value is -8.92. The molecule has 2 aliphatic carbocycles. The lowest BCUT2D eigenvalue weighted by molar-refractivity contribution is -0.155. The number of fused-ring (bicyclic) bond motifs is 4. The molecule has 0 amide bonds. The van der Waals surface area contributed by atoms with Gasteiger partial charge in [-0.25, -0.2) is 17.2 Å². The number of hydrogen-bond acceptors (Lipinski definition) is 8. The van der Waals surface area contributed by atoms with Gasteiger partial charge in [0.15, 0.2) is 26.3 Å². The van der Waals surface area contributed by atoms with E-state index in [0.717, 1.165) is 53.5 Å². The summed E-state index contributed by atoms with van der Waals surface area (Å²) < 4.78 is 112. The van der Waals surface area contributed by atoms with Crippen molar-refractivity contribution in [2.45, 2.75) is 204 Å². The molecule has 8 nitrogen and oxygen atoms in total. The number of benzene rings is 11. The van der Waals surface area contributed by atoms with Crippen molar-refractivity contribution >= 4 is 42.6 Å². The largest absolute Gasteiger partial charge is 0.744 e. The van der Waals surface area contributed by atoms with E-state index in [4.69, 9.17) is 24.1 Å². The van der Waals surface area contributed by atoms with Gasteiger partial charge < -0.3 is 28.6 Å². The normalized spacial score (nSPS) is 15.8. The van der Waals surface area contributed by atoms with Gasteiger partial charge in [-0.3, -0.25) is 0 Å². The van der Waals surface area contributed by atoms with E-state index < -0.39 is 44.0 Å². The van der Waals surface area contributed by atoms with Crippen molar-refractivity contribution < 1.29 is 54.6 Å². The van der Waals surface area contributed by atoms with E-state index in [1.807, 2.05) is 24.3 Å². The summed E-state index contributed by atoms with van der Waals surface area (Å²) >= 11 is 0. The van der Waals surface area contributed by atoms with Gasteiger partial charge in [0.1, 0.15) is 55.5 Å². The Bertz CT molecular complexity index is 4660. The number of halogens is 4. The summed E-state index contributed by atoms with van der Waals surface area (Å²) in [6.07, 6.45) is 10.1. The molecule has 2 aliphatic rings. The quantitative estimate of drug-likeness (QED) is 0.0235. The Balaban J connectivity index is 0.000000158. The standard InChI is InChI=1S/C21H32O2.C21H22O.C21H21S.C20H16F4O4S.C10H14O/c1-5-15(4)17-8-10-19(11-9-17)22-21(14(2)3)23-20-13-16-6-7-18(20)12-16;1-3-16(2)17-11-13-20(14-12-17)22-15-19-9-6-8-18-7-4-5-10-21(18)19;1-16-10-4-7-13-19(16)22(20-14-8-5-11-17(20)2)21-15-9-6-12-18(21)3;1-3-10(2)11-4-5-13-9-14(7-6-12(13)8-11)28-19-15(21)17(23)20(29(25,26)27)18(24)16(19)22;1-3-8(2)9-4-6-10(11)7-5-9/h8-11,14-16,18,20-21H,5-7,12-13H2,1-4H3;4-14,16H,3,15H2,1-2H3;4-15H,1-3H3;4-10H,3H2,1-2H3,(H,25,26,27);4-8,11H,3H2,1-2H3/q;;+1;;/p-1. The molecule has 0 aliphatic heterocycles. The zero-order valence-corrected chi connectivity index (χ0v) is 65.7. The lowest BCUT2D eigenvalue weighted by Crippen LogP contribution is -2.34. The Kier molecular flexibility index (Phi) is 29.7. The summed E-state index contributed by atoms with van der Waals surface area (Å²) in [6, 6.07) is 75.5. The third-order valence-electron chi connectivity index (χ3n) is 20.9. The predicted molar refractivity (Wildman–Crippen MR) is 428 cm³/mol. The number of aromatic hydroxyl groups is 1. The van der Waals surface area contributed by atoms with Crippen LogP contribution >= 0.6 is 0 Å². The molecule has 11 aromatic carbocycles. The average molecular weight is 1490 g/mol. The number of aryl methyl sites for hydroxylation is 3.